The Morgan fingerprint density at radius 2 is 2.20 bits per heavy atom. The lowest BCUT2D eigenvalue weighted by Crippen LogP contribution is -2.10. The Labute approximate surface area is 131 Å². The highest BCUT2D eigenvalue weighted by atomic mass is 35.5. The summed E-state index contributed by atoms with van der Waals surface area (Å²) in [5.74, 6) is 1.51. The molecule has 0 N–H and O–H groups in total. The number of hydrogen-bond acceptors (Lipinski definition) is 3. The fraction of sp³-hybridized carbons (Fsp3) is 0.286. The van der Waals surface area contributed by atoms with E-state index in [9.17, 15) is 0 Å². The minimum absolute atomic E-state index is 0.144. The molecule has 3 heterocycles. The molecule has 104 valence electrons. The van der Waals surface area contributed by atoms with Gasteiger partial charge in [-0.3, -0.25) is 0 Å². The summed E-state index contributed by atoms with van der Waals surface area (Å²) in [5, 5.41) is 0. The van der Waals surface area contributed by atoms with E-state index in [2.05, 4.69) is 27.5 Å². The van der Waals surface area contributed by atoms with Crippen molar-refractivity contribution in [2.24, 2.45) is 0 Å². The summed E-state index contributed by atoms with van der Waals surface area (Å²) < 4.78 is 2.95. The molecule has 0 bridgehead atoms. The number of fused-ring (bicyclic) bond motifs is 1. The Balaban J connectivity index is 2.15. The fourth-order valence-corrected chi connectivity index (χ4v) is 3.60. The van der Waals surface area contributed by atoms with E-state index in [-0.39, 0.29) is 6.04 Å². The van der Waals surface area contributed by atoms with Gasteiger partial charge in [-0.05, 0) is 31.2 Å². The molecule has 1 atom stereocenters. The van der Waals surface area contributed by atoms with Crippen LogP contribution in [0.5, 0.6) is 0 Å². The first-order valence-electron chi connectivity index (χ1n) is 6.33. The van der Waals surface area contributed by atoms with Gasteiger partial charge in [0.15, 0.2) is 5.65 Å². The third-order valence-electron chi connectivity index (χ3n) is 3.23. The molecule has 0 aromatic carbocycles. The zero-order valence-corrected chi connectivity index (χ0v) is 13.2. The summed E-state index contributed by atoms with van der Waals surface area (Å²) >= 11 is 13.5. The molecular weight excluding hydrogens is 313 g/mol. The van der Waals surface area contributed by atoms with E-state index < -0.39 is 0 Å². The average Bonchev–Trinajstić information content (AvgIpc) is 3.02. The van der Waals surface area contributed by atoms with Crippen molar-refractivity contribution >= 4 is 45.7 Å². The summed E-state index contributed by atoms with van der Waals surface area (Å²) in [5.41, 5.74) is 1.80. The van der Waals surface area contributed by atoms with Gasteiger partial charge >= 0.3 is 0 Å². The molecule has 0 aliphatic carbocycles. The van der Waals surface area contributed by atoms with E-state index in [4.69, 9.17) is 23.2 Å². The Kier molecular flexibility index (Phi) is 3.96. The molecule has 6 heteroatoms. The van der Waals surface area contributed by atoms with Gasteiger partial charge in [0, 0.05) is 23.4 Å². The highest BCUT2D eigenvalue weighted by molar-refractivity contribution is 7.16. The molecule has 1 unspecified atom stereocenters. The van der Waals surface area contributed by atoms with Crippen LogP contribution in [0, 0.1) is 0 Å². The molecule has 0 amide bonds. The number of pyridine rings is 1. The van der Waals surface area contributed by atoms with Crippen LogP contribution in [0.3, 0.4) is 0 Å². The molecule has 0 aliphatic heterocycles. The minimum atomic E-state index is 0.144. The lowest BCUT2D eigenvalue weighted by molar-refractivity contribution is 0.628. The van der Waals surface area contributed by atoms with Crippen molar-refractivity contribution in [3.05, 3.63) is 45.5 Å². The minimum Gasteiger partial charge on any atom is -0.304 e. The number of alkyl halides is 1. The van der Waals surface area contributed by atoms with E-state index in [0.717, 1.165) is 27.7 Å². The predicted octanol–water partition coefficient (Wildman–Crippen LogP) is 4.54. The molecule has 0 saturated heterocycles. The highest BCUT2D eigenvalue weighted by Crippen LogP contribution is 2.31. The van der Waals surface area contributed by atoms with Crippen LogP contribution < -0.4 is 0 Å². The van der Waals surface area contributed by atoms with Crippen molar-refractivity contribution < 1.29 is 0 Å². The van der Waals surface area contributed by atoms with Crippen LogP contribution in [0.1, 0.15) is 23.7 Å². The number of rotatable bonds is 4. The maximum Gasteiger partial charge on any atom is 0.160 e. The molecule has 0 fully saturated rings. The standard InChI is InChI=1S/C14H13Cl2N3S/c1-9(11-4-5-12(16)20-11)19-13(6-7-15)18-10-3-2-8-17-14(10)19/h2-5,8-9H,6-7H2,1H3. The molecule has 0 aliphatic rings. The third kappa shape index (κ3) is 2.43. The molecule has 3 rings (SSSR count). The summed E-state index contributed by atoms with van der Waals surface area (Å²) in [6.07, 6.45) is 2.51. The largest absolute Gasteiger partial charge is 0.304 e. The summed E-state index contributed by atoms with van der Waals surface area (Å²) in [7, 11) is 0. The van der Waals surface area contributed by atoms with Crippen molar-refractivity contribution in [1.29, 1.82) is 0 Å². The summed E-state index contributed by atoms with van der Waals surface area (Å²) in [4.78, 5) is 10.3. The lowest BCUT2D eigenvalue weighted by atomic mass is 10.2. The van der Waals surface area contributed by atoms with Crippen LogP contribution in [0.2, 0.25) is 4.34 Å². The van der Waals surface area contributed by atoms with E-state index in [0.29, 0.717) is 5.88 Å². The predicted molar refractivity (Wildman–Crippen MR) is 85.1 cm³/mol. The van der Waals surface area contributed by atoms with Crippen molar-refractivity contribution in [1.82, 2.24) is 14.5 Å². The molecule has 3 nitrogen and oxygen atoms in total. The van der Waals surface area contributed by atoms with Crippen LogP contribution in [0.4, 0.5) is 0 Å². The van der Waals surface area contributed by atoms with Gasteiger partial charge in [-0.1, -0.05) is 11.6 Å². The second-order valence-electron chi connectivity index (χ2n) is 4.50. The number of aromatic nitrogens is 3. The fourth-order valence-electron chi connectivity index (χ4n) is 2.32. The van der Waals surface area contributed by atoms with Crippen LogP contribution >= 0.6 is 34.5 Å². The molecular formula is C14H13Cl2N3S. The zero-order valence-electron chi connectivity index (χ0n) is 10.9. The first kappa shape index (κ1) is 13.9. The molecule has 0 spiro atoms. The topological polar surface area (TPSA) is 30.7 Å². The third-order valence-corrected chi connectivity index (χ3v) is 4.82. The average molecular weight is 326 g/mol. The number of hydrogen-bond donors (Lipinski definition) is 0. The van der Waals surface area contributed by atoms with Gasteiger partial charge in [-0.15, -0.1) is 22.9 Å². The van der Waals surface area contributed by atoms with Crippen LogP contribution in [0.25, 0.3) is 11.2 Å². The quantitative estimate of drug-likeness (QED) is 0.659. The number of aryl methyl sites for hydroxylation is 1. The Hall–Kier alpha value is -1.10. The van der Waals surface area contributed by atoms with Crippen molar-refractivity contribution in [3.63, 3.8) is 0 Å². The van der Waals surface area contributed by atoms with E-state index >= 15 is 0 Å². The number of imidazole rings is 1. The molecule has 20 heavy (non-hydrogen) atoms. The second kappa shape index (κ2) is 5.72. The Bertz CT molecular complexity index is 735. The SMILES string of the molecule is CC(c1ccc(Cl)s1)n1c(CCCl)nc2cccnc21. The summed E-state index contributed by atoms with van der Waals surface area (Å²) in [6.45, 7) is 2.13. The van der Waals surface area contributed by atoms with Gasteiger partial charge in [-0.25, -0.2) is 9.97 Å². The number of thiophene rings is 1. The van der Waals surface area contributed by atoms with Crippen molar-refractivity contribution in [2.75, 3.05) is 5.88 Å². The molecule has 0 saturated carbocycles. The van der Waals surface area contributed by atoms with Crippen molar-refractivity contribution in [3.8, 4) is 0 Å². The van der Waals surface area contributed by atoms with Gasteiger partial charge in [0.1, 0.15) is 11.3 Å². The van der Waals surface area contributed by atoms with Crippen LogP contribution in [-0.4, -0.2) is 20.4 Å². The van der Waals surface area contributed by atoms with Crippen LogP contribution in [-0.2, 0) is 6.42 Å². The molecule has 3 aromatic rings. The van der Waals surface area contributed by atoms with Gasteiger partial charge < -0.3 is 4.57 Å². The van der Waals surface area contributed by atoms with Gasteiger partial charge in [0.05, 0.1) is 10.4 Å². The van der Waals surface area contributed by atoms with Gasteiger partial charge in [0.2, 0.25) is 0 Å². The van der Waals surface area contributed by atoms with Crippen LogP contribution in [0.15, 0.2) is 30.5 Å². The smallest absolute Gasteiger partial charge is 0.160 e. The maximum atomic E-state index is 6.04. The first-order valence-corrected chi connectivity index (χ1v) is 8.06. The van der Waals surface area contributed by atoms with E-state index in [1.165, 1.54) is 4.88 Å². The van der Waals surface area contributed by atoms with E-state index in [1.807, 2.05) is 18.2 Å². The molecule has 0 radical (unpaired) electrons. The van der Waals surface area contributed by atoms with Gasteiger partial charge in [0.25, 0.3) is 0 Å². The number of nitrogens with zero attached hydrogens (tertiary/aromatic N) is 3. The maximum absolute atomic E-state index is 6.04. The van der Waals surface area contributed by atoms with Gasteiger partial charge in [-0.2, -0.15) is 0 Å². The Morgan fingerprint density at radius 1 is 1.35 bits per heavy atom. The summed E-state index contributed by atoms with van der Waals surface area (Å²) in [6, 6.07) is 8.00. The normalized spacial score (nSPS) is 12.9. The Morgan fingerprint density at radius 3 is 2.90 bits per heavy atom. The lowest BCUT2D eigenvalue weighted by Gasteiger charge is -2.15. The van der Waals surface area contributed by atoms with E-state index in [1.54, 1.807) is 17.5 Å². The molecule has 3 aromatic heterocycles. The van der Waals surface area contributed by atoms with Crippen molar-refractivity contribution in [2.45, 2.75) is 19.4 Å². The first-order chi connectivity index (χ1) is 9.70. The second-order valence-corrected chi connectivity index (χ2v) is 6.63. The monoisotopic (exact) mass is 325 g/mol. The highest BCUT2D eigenvalue weighted by Gasteiger charge is 2.18. The number of halogens is 2. The zero-order chi connectivity index (χ0) is 14.1.